The number of rotatable bonds is 7. The summed E-state index contributed by atoms with van der Waals surface area (Å²) in [5, 5.41) is 5.38. The zero-order valence-electron chi connectivity index (χ0n) is 10.6. The van der Waals surface area contributed by atoms with E-state index in [0.717, 1.165) is 18.4 Å². The van der Waals surface area contributed by atoms with Gasteiger partial charge in [-0.25, -0.2) is 0 Å². The number of hydrogen-bond acceptors (Lipinski definition) is 3. The highest BCUT2D eigenvalue weighted by Crippen LogP contribution is 1.94. The summed E-state index contributed by atoms with van der Waals surface area (Å²) in [5.41, 5.74) is 0.914. The number of carbonyl (C=O) groups is 2. The van der Waals surface area contributed by atoms with Crippen LogP contribution in [0.4, 0.5) is 0 Å². The third-order valence-electron chi connectivity index (χ3n) is 2.39. The Morgan fingerprint density at radius 3 is 2.72 bits per heavy atom. The van der Waals surface area contributed by atoms with Crippen LogP contribution in [0.2, 0.25) is 0 Å². The van der Waals surface area contributed by atoms with Gasteiger partial charge in [0.2, 0.25) is 11.8 Å². The number of nitrogens with zero attached hydrogens (tertiary/aromatic N) is 1. The van der Waals surface area contributed by atoms with Crippen molar-refractivity contribution in [2.45, 2.75) is 32.7 Å². The molecule has 1 aromatic rings. The molecule has 0 unspecified atom stereocenters. The van der Waals surface area contributed by atoms with Gasteiger partial charge in [0.05, 0.1) is 0 Å². The van der Waals surface area contributed by atoms with Crippen molar-refractivity contribution in [2.75, 3.05) is 6.54 Å². The summed E-state index contributed by atoms with van der Waals surface area (Å²) in [6, 6.07) is 3.67. The second kappa shape index (κ2) is 8.22. The van der Waals surface area contributed by atoms with E-state index in [9.17, 15) is 9.59 Å². The van der Waals surface area contributed by atoms with Gasteiger partial charge in [-0.2, -0.15) is 0 Å². The first-order valence-electron chi connectivity index (χ1n) is 6.14. The van der Waals surface area contributed by atoms with Crippen LogP contribution in [0.3, 0.4) is 0 Å². The molecule has 0 radical (unpaired) electrons. The molecule has 2 amide bonds. The molecule has 0 aromatic carbocycles. The number of amides is 2. The van der Waals surface area contributed by atoms with E-state index in [1.54, 1.807) is 18.5 Å². The second-order valence-corrected chi connectivity index (χ2v) is 4.02. The third kappa shape index (κ3) is 5.98. The third-order valence-corrected chi connectivity index (χ3v) is 2.39. The van der Waals surface area contributed by atoms with Crippen LogP contribution in [0.15, 0.2) is 24.5 Å². The van der Waals surface area contributed by atoms with Gasteiger partial charge in [0, 0.05) is 25.5 Å². The molecule has 0 spiro atoms. The van der Waals surface area contributed by atoms with E-state index in [1.165, 1.54) is 0 Å². The fraction of sp³-hybridized carbons (Fsp3) is 0.462. The molecule has 0 bridgehead atoms. The fourth-order valence-electron chi connectivity index (χ4n) is 1.38. The Hall–Kier alpha value is -1.91. The lowest BCUT2D eigenvalue weighted by Crippen LogP contribution is -2.32. The zero-order chi connectivity index (χ0) is 13.2. The summed E-state index contributed by atoms with van der Waals surface area (Å²) in [7, 11) is 0. The summed E-state index contributed by atoms with van der Waals surface area (Å²) in [6.07, 6.45) is 5.19. The van der Waals surface area contributed by atoms with Gasteiger partial charge in [-0.1, -0.05) is 19.4 Å². The van der Waals surface area contributed by atoms with Crippen LogP contribution in [0, 0.1) is 0 Å². The monoisotopic (exact) mass is 249 g/mol. The van der Waals surface area contributed by atoms with Crippen LogP contribution in [0.1, 0.15) is 31.7 Å². The van der Waals surface area contributed by atoms with Crippen LogP contribution >= 0.6 is 0 Å². The van der Waals surface area contributed by atoms with Gasteiger partial charge in [-0.05, 0) is 18.1 Å². The van der Waals surface area contributed by atoms with Gasteiger partial charge in [0.1, 0.15) is 6.42 Å². The molecular weight excluding hydrogens is 230 g/mol. The van der Waals surface area contributed by atoms with E-state index in [4.69, 9.17) is 0 Å². The van der Waals surface area contributed by atoms with Crippen molar-refractivity contribution in [3.8, 4) is 0 Å². The zero-order valence-corrected chi connectivity index (χ0v) is 10.6. The molecule has 18 heavy (non-hydrogen) atoms. The normalized spacial score (nSPS) is 9.83. The maximum absolute atomic E-state index is 11.5. The van der Waals surface area contributed by atoms with Crippen LogP contribution in [-0.4, -0.2) is 23.3 Å². The molecule has 0 saturated carbocycles. The highest BCUT2D eigenvalue weighted by atomic mass is 16.2. The number of carbonyl (C=O) groups excluding carboxylic acids is 2. The maximum atomic E-state index is 11.5. The first-order valence-corrected chi connectivity index (χ1v) is 6.14. The van der Waals surface area contributed by atoms with E-state index in [-0.39, 0.29) is 18.2 Å². The molecule has 98 valence electrons. The van der Waals surface area contributed by atoms with E-state index >= 15 is 0 Å². The standard InChI is InChI=1S/C13H19N3O2/c1-2-3-7-15-12(17)8-13(18)16-10-11-5-4-6-14-9-11/h4-6,9H,2-3,7-8,10H2,1H3,(H,15,17)(H,16,18). The average molecular weight is 249 g/mol. The minimum absolute atomic E-state index is 0.121. The van der Waals surface area contributed by atoms with Crippen molar-refractivity contribution in [3.05, 3.63) is 30.1 Å². The molecule has 5 nitrogen and oxygen atoms in total. The minimum Gasteiger partial charge on any atom is -0.356 e. The summed E-state index contributed by atoms with van der Waals surface area (Å²) in [6.45, 7) is 3.08. The highest BCUT2D eigenvalue weighted by Gasteiger charge is 2.08. The summed E-state index contributed by atoms with van der Waals surface area (Å²) in [5.74, 6) is -0.500. The van der Waals surface area contributed by atoms with Crippen molar-refractivity contribution < 1.29 is 9.59 Å². The molecule has 1 aromatic heterocycles. The van der Waals surface area contributed by atoms with Crippen LogP contribution < -0.4 is 10.6 Å². The Balaban J connectivity index is 2.19. The van der Waals surface area contributed by atoms with Gasteiger partial charge in [0.15, 0.2) is 0 Å². The van der Waals surface area contributed by atoms with Gasteiger partial charge >= 0.3 is 0 Å². The van der Waals surface area contributed by atoms with Crippen LogP contribution in [-0.2, 0) is 16.1 Å². The molecule has 1 rings (SSSR count). The van der Waals surface area contributed by atoms with Crippen molar-refractivity contribution in [1.29, 1.82) is 0 Å². The number of unbranched alkanes of at least 4 members (excludes halogenated alkanes) is 1. The van der Waals surface area contributed by atoms with Crippen LogP contribution in [0.5, 0.6) is 0 Å². The Morgan fingerprint density at radius 2 is 2.06 bits per heavy atom. The number of aromatic nitrogens is 1. The predicted molar refractivity (Wildman–Crippen MR) is 68.6 cm³/mol. The number of hydrogen-bond donors (Lipinski definition) is 2. The molecular formula is C13H19N3O2. The first-order chi connectivity index (χ1) is 8.72. The van der Waals surface area contributed by atoms with Crippen molar-refractivity contribution in [2.24, 2.45) is 0 Å². The Labute approximate surface area is 107 Å². The Morgan fingerprint density at radius 1 is 1.28 bits per heavy atom. The molecule has 1 heterocycles. The predicted octanol–water partition coefficient (Wildman–Crippen LogP) is 1.00. The number of nitrogens with one attached hydrogen (secondary N) is 2. The molecule has 0 saturated heterocycles. The molecule has 0 aliphatic rings. The summed E-state index contributed by atoms with van der Waals surface area (Å²) in [4.78, 5) is 26.8. The fourth-order valence-corrected chi connectivity index (χ4v) is 1.38. The molecule has 2 N–H and O–H groups in total. The SMILES string of the molecule is CCCCNC(=O)CC(=O)NCc1cccnc1. The minimum atomic E-state index is -0.271. The second-order valence-electron chi connectivity index (χ2n) is 4.02. The quantitative estimate of drug-likeness (QED) is 0.559. The lowest BCUT2D eigenvalue weighted by molar-refractivity contribution is -0.129. The largest absolute Gasteiger partial charge is 0.356 e. The van der Waals surface area contributed by atoms with Gasteiger partial charge in [-0.3, -0.25) is 14.6 Å². The van der Waals surface area contributed by atoms with E-state index in [2.05, 4.69) is 15.6 Å². The average Bonchev–Trinajstić information content (AvgIpc) is 2.38. The van der Waals surface area contributed by atoms with Gasteiger partial charge in [0.25, 0.3) is 0 Å². The highest BCUT2D eigenvalue weighted by molar-refractivity contribution is 5.96. The maximum Gasteiger partial charge on any atom is 0.229 e. The molecule has 0 aliphatic carbocycles. The lowest BCUT2D eigenvalue weighted by Gasteiger charge is -2.06. The van der Waals surface area contributed by atoms with Crippen LogP contribution in [0.25, 0.3) is 0 Å². The molecule has 5 heteroatoms. The van der Waals surface area contributed by atoms with Crippen molar-refractivity contribution in [3.63, 3.8) is 0 Å². The molecule has 0 aliphatic heterocycles. The lowest BCUT2D eigenvalue weighted by atomic mass is 10.2. The molecule has 0 atom stereocenters. The summed E-state index contributed by atoms with van der Waals surface area (Å²) >= 11 is 0. The Kier molecular flexibility index (Phi) is 6.46. The van der Waals surface area contributed by atoms with Crippen molar-refractivity contribution in [1.82, 2.24) is 15.6 Å². The first kappa shape index (κ1) is 14.2. The topological polar surface area (TPSA) is 71.1 Å². The smallest absolute Gasteiger partial charge is 0.229 e. The summed E-state index contributed by atoms with van der Waals surface area (Å²) < 4.78 is 0. The Bertz CT molecular complexity index is 379. The number of pyridine rings is 1. The van der Waals surface area contributed by atoms with E-state index in [0.29, 0.717) is 13.1 Å². The van der Waals surface area contributed by atoms with Gasteiger partial charge in [-0.15, -0.1) is 0 Å². The van der Waals surface area contributed by atoms with E-state index < -0.39 is 0 Å². The molecule has 0 fully saturated rings. The van der Waals surface area contributed by atoms with Crippen molar-refractivity contribution >= 4 is 11.8 Å². The van der Waals surface area contributed by atoms with Gasteiger partial charge < -0.3 is 10.6 Å². The van der Waals surface area contributed by atoms with E-state index in [1.807, 2.05) is 13.0 Å².